The highest BCUT2D eigenvalue weighted by Gasteiger charge is 2.06. The molecule has 0 bridgehead atoms. The van der Waals surface area contributed by atoms with Gasteiger partial charge in [0.25, 0.3) is 0 Å². The minimum Gasteiger partial charge on any atom is -0.396 e. The number of halogens is 2. The lowest BCUT2D eigenvalue weighted by Gasteiger charge is -2.06. The predicted molar refractivity (Wildman–Crippen MR) is 76.5 cm³/mol. The Hall–Kier alpha value is -0.420. The first-order chi connectivity index (χ1) is 8.63. The topological polar surface area (TPSA) is 49.3 Å². The molecule has 0 radical (unpaired) electrons. The van der Waals surface area contributed by atoms with E-state index in [4.69, 9.17) is 28.3 Å². The second kappa shape index (κ2) is 8.64. The van der Waals surface area contributed by atoms with Crippen molar-refractivity contribution in [2.24, 2.45) is 0 Å². The van der Waals surface area contributed by atoms with E-state index >= 15 is 0 Å². The largest absolute Gasteiger partial charge is 0.396 e. The highest BCUT2D eigenvalue weighted by Crippen LogP contribution is 2.29. The number of carbonyl (C=O) groups is 1. The van der Waals surface area contributed by atoms with Crippen molar-refractivity contribution in [2.75, 3.05) is 18.9 Å². The third kappa shape index (κ3) is 5.96. The number of aliphatic hydroxyl groups excluding tert-OH is 1. The van der Waals surface area contributed by atoms with Gasteiger partial charge in [-0.25, -0.2) is 0 Å². The van der Waals surface area contributed by atoms with Crippen LogP contribution in [0.15, 0.2) is 23.1 Å². The maximum atomic E-state index is 11.5. The predicted octanol–water partition coefficient (Wildman–Crippen LogP) is 2.97. The van der Waals surface area contributed by atoms with E-state index in [1.165, 1.54) is 11.8 Å². The summed E-state index contributed by atoms with van der Waals surface area (Å²) in [4.78, 5) is 12.3. The fourth-order valence-electron chi connectivity index (χ4n) is 1.25. The molecule has 0 unspecified atom stereocenters. The van der Waals surface area contributed by atoms with Gasteiger partial charge in [-0.05, 0) is 31.0 Å². The Morgan fingerprint density at radius 2 is 2.11 bits per heavy atom. The molecule has 3 nitrogen and oxygen atoms in total. The second-order valence-corrected chi connectivity index (χ2v) is 5.50. The number of aliphatic hydroxyl groups is 1. The molecule has 2 N–H and O–H groups in total. The van der Waals surface area contributed by atoms with Gasteiger partial charge in [0.05, 0.1) is 10.8 Å². The van der Waals surface area contributed by atoms with Crippen LogP contribution in [0.1, 0.15) is 12.8 Å². The number of unbranched alkanes of at least 4 members (excludes halogenated alkanes) is 1. The van der Waals surface area contributed by atoms with Crippen molar-refractivity contribution in [2.45, 2.75) is 17.7 Å². The first-order valence-corrected chi connectivity index (χ1v) is 7.33. The molecule has 1 aromatic rings. The van der Waals surface area contributed by atoms with Crippen LogP contribution in [-0.4, -0.2) is 29.9 Å². The zero-order chi connectivity index (χ0) is 13.4. The van der Waals surface area contributed by atoms with Crippen LogP contribution in [0.2, 0.25) is 10.0 Å². The number of carbonyl (C=O) groups excluding carboxylic acids is 1. The lowest BCUT2D eigenvalue weighted by Crippen LogP contribution is -2.26. The third-order valence-electron chi connectivity index (χ3n) is 2.16. The highest BCUT2D eigenvalue weighted by molar-refractivity contribution is 8.00. The van der Waals surface area contributed by atoms with Crippen LogP contribution in [0, 0.1) is 0 Å². The molecule has 0 saturated carbocycles. The van der Waals surface area contributed by atoms with Gasteiger partial charge in [-0.3, -0.25) is 4.79 Å². The molecule has 0 spiro atoms. The van der Waals surface area contributed by atoms with Gasteiger partial charge in [0.1, 0.15) is 0 Å². The Kier molecular flexibility index (Phi) is 7.51. The molecular weight excluding hydrogens is 293 g/mol. The molecule has 100 valence electrons. The normalized spacial score (nSPS) is 10.4. The monoisotopic (exact) mass is 307 g/mol. The fourth-order valence-corrected chi connectivity index (χ4v) is 2.57. The first-order valence-electron chi connectivity index (χ1n) is 5.59. The van der Waals surface area contributed by atoms with E-state index in [1.807, 2.05) is 0 Å². The standard InChI is InChI=1S/C12H15Cl2NO2S/c13-9-3-4-10(14)11(7-9)18-8-12(17)15-5-1-2-6-16/h3-4,7,16H,1-2,5-6,8H2,(H,15,17). The number of hydrogen-bond donors (Lipinski definition) is 2. The summed E-state index contributed by atoms with van der Waals surface area (Å²) in [5, 5.41) is 12.6. The molecule has 1 rings (SSSR count). The van der Waals surface area contributed by atoms with E-state index in [-0.39, 0.29) is 12.5 Å². The number of amides is 1. The van der Waals surface area contributed by atoms with E-state index in [1.54, 1.807) is 18.2 Å². The molecule has 0 aliphatic rings. The molecule has 1 amide bonds. The van der Waals surface area contributed by atoms with Crippen molar-refractivity contribution in [1.29, 1.82) is 0 Å². The highest BCUT2D eigenvalue weighted by atomic mass is 35.5. The van der Waals surface area contributed by atoms with Crippen LogP contribution in [-0.2, 0) is 4.79 Å². The Morgan fingerprint density at radius 3 is 2.83 bits per heavy atom. The molecule has 0 fully saturated rings. The maximum absolute atomic E-state index is 11.5. The Bertz CT molecular complexity index is 402. The van der Waals surface area contributed by atoms with E-state index < -0.39 is 0 Å². The van der Waals surface area contributed by atoms with Crippen molar-refractivity contribution in [3.63, 3.8) is 0 Å². The molecule has 0 atom stereocenters. The van der Waals surface area contributed by atoms with Crippen LogP contribution >= 0.6 is 35.0 Å². The quantitative estimate of drug-likeness (QED) is 0.601. The van der Waals surface area contributed by atoms with Crippen LogP contribution < -0.4 is 5.32 Å². The number of thioether (sulfide) groups is 1. The van der Waals surface area contributed by atoms with Gasteiger partial charge in [0, 0.05) is 23.1 Å². The minimum atomic E-state index is -0.0472. The molecule has 1 aromatic carbocycles. The molecule has 0 aliphatic carbocycles. The number of benzene rings is 1. The summed E-state index contributed by atoms with van der Waals surface area (Å²) in [7, 11) is 0. The van der Waals surface area contributed by atoms with Gasteiger partial charge in [0.2, 0.25) is 5.91 Å². The summed E-state index contributed by atoms with van der Waals surface area (Å²) in [6.45, 7) is 0.742. The minimum absolute atomic E-state index is 0.0472. The van der Waals surface area contributed by atoms with Gasteiger partial charge in [0.15, 0.2) is 0 Å². The maximum Gasteiger partial charge on any atom is 0.230 e. The van der Waals surface area contributed by atoms with Crippen LogP contribution in [0.4, 0.5) is 0 Å². The molecule has 0 aromatic heterocycles. The van der Waals surface area contributed by atoms with E-state index in [0.717, 1.165) is 11.3 Å². The van der Waals surface area contributed by atoms with Crippen molar-refractivity contribution in [3.05, 3.63) is 28.2 Å². The molecular formula is C12H15Cl2NO2S. The number of hydrogen-bond acceptors (Lipinski definition) is 3. The molecule has 0 aliphatic heterocycles. The van der Waals surface area contributed by atoms with E-state index in [2.05, 4.69) is 5.32 Å². The summed E-state index contributed by atoms with van der Waals surface area (Å²) in [5.74, 6) is 0.258. The van der Waals surface area contributed by atoms with Crippen LogP contribution in [0.25, 0.3) is 0 Å². The average molecular weight is 308 g/mol. The smallest absolute Gasteiger partial charge is 0.230 e. The zero-order valence-corrected chi connectivity index (χ0v) is 12.1. The van der Waals surface area contributed by atoms with Crippen molar-refractivity contribution in [1.82, 2.24) is 5.32 Å². The zero-order valence-electron chi connectivity index (χ0n) is 9.79. The van der Waals surface area contributed by atoms with Gasteiger partial charge < -0.3 is 10.4 Å². The Balaban J connectivity index is 2.31. The SMILES string of the molecule is O=C(CSc1cc(Cl)ccc1Cl)NCCCCO. The van der Waals surface area contributed by atoms with Crippen molar-refractivity contribution < 1.29 is 9.90 Å². The van der Waals surface area contributed by atoms with Crippen molar-refractivity contribution >= 4 is 40.9 Å². The average Bonchev–Trinajstić information content (AvgIpc) is 2.36. The van der Waals surface area contributed by atoms with Crippen LogP contribution in [0.3, 0.4) is 0 Å². The second-order valence-electron chi connectivity index (χ2n) is 3.64. The van der Waals surface area contributed by atoms with Gasteiger partial charge >= 0.3 is 0 Å². The van der Waals surface area contributed by atoms with Crippen molar-refractivity contribution in [3.8, 4) is 0 Å². The molecule has 0 heterocycles. The molecule has 18 heavy (non-hydrogen) atoms. The number of nitrogens with one attached hydrogen (secondary N) is 1. The summed E-state index contributed by atoms with van der Waals surface area (Å²) in [6, 6.07) is 5.17. The van der Waals surface area contributed by atoms with Gasteiger partial charge in [-0.1, -0.05) is 23.2 Å². The summed E-state index contributed by atoms with van der Waals surface area (Å²) < 4.78 is 0. The van der Waals surface area contributed by atoms with Gasteiger partial charge in [-0.15, -0.1) is 11.8 Å². The van der Waals surface area contributed by atoms with E-state index in [0.29, 0.717) is 28.8 Å². The first kappa shape index (κ1) is 15.6. The molecule has 6 heteroatoms. The summed E-state index contributed by atoms with van der Waals surface area (Å²) in [5.41, 5.74) is 0. The molecule has 0 saturated heterocycles. The van der Waals surface area contributed by atoms with Crippen LogP contribution in [0.5, 0.6) is 0 Å². The number of rotatable bonds is 7. The lowest BCUT2D eigenvalue weighted by molar-refractivity contribution is -0.118. The lowest BCUT2D eigenvalue weighted by atomic mass is 10.3. The Morgan fingerprint density at radius 1 is 1.33 bits per heavy atom. The van der Waals surface area contributed by atoms with Gasteiger partial charge in [-0.2, -0.15) is 0 Å². The third-order valence-corrected chi connectivity index (χ3v) is 3.89. The summed E-state index contributed by atoms with van der Waals surface area (Å²) in [6.07, 6.45) is 1.48. The van der Waals surface area contributed by atoms with E-state index in [9.17, 15) is 4.79 Å². The summed E-state index contributed by atoms with van der Waals surface area (Å²) >= 11 is 13.2. The Labute approximate surface area is 121 Å². The fraction of sp³-hybridized carbons (Fsp3) is 0.417.